The average molecular weight is 1010 g/mol. The molecular weight excluding hydrogens is 901 g/mol. The zero-order chi connectivity index (χ0) is 52.9. The van der Waals surface area contributed by atoms with Gasteiger partial charge in [-0.25, -0.2) is 0 Å². The molecule has 0 aromatic rings. The van der Waals surface area contributed by atoms with Gasteiger partial charge in [0.25, 0.3) is 0 Å². The number of carbonyl (C=O) groups is 3. The summed E-state index contributed by atoms with van der Waals surface area (Å²) in [7, 11) is 0. The van der Waals surface area contributed by atoms with E-state index in [9.17, 15) is 14.4 Å². The number of hydrogen-bond acceptors (Lipinski definition) is 6. The minimum Gasteiger partial charge on any atom is -0.462 e. The first-order valence-corrected chi connectivity index (χ1v) is 30.4. The fourth-order valence-corrected chi connectivity index (χ4v) is 8.28. The molecule has 416 valence electrons. The van der Waals surface area contributed by atoms with Crippen molar-refractivity contribution in [2.75, 3.05) is 13.2 Å². The Balaban J connectivity index is 4.18. The number of carbonyl (C=O) groups excluding carboxylic acids is 3. The molecule has 0 saturated heterocycles. The second-order valence-electron chi connectivity index (χ2n) is 19.9. The van der Waals surface area contributed by atoms with Crippen molar-refractivity contribution >= 4 is 17.9 Å². The zero-order valence-electron chi connectivity index (χ0n) is 47.6. The molecule has 0 spiro atoms. The van der Waals surface area contributed by atoms with Gasteiger partial charge in [0.05, 0.1) is 0 Å². The summed E-state index contributed by atoms with van der Waals surface area (Å²) in [5.41, 5.74) is 0. The van der Waals surface area contributed by atoms with E-state index in [1.54, 1.807) is 0 Å². The molecule has 6 nitrogen and oxygen atoms in total. The molecule has 73 heavy (non-hydrogen) atoms. The van der Waals surface area contributed by atoms with Gasteiger partial charge in [0.1, 0.15) is 13.2 Å². The maximum absolute atomic E-state index is 12.8. The summed E-state index contributed by atoms with van der Waals surface area (Å²) < 4.78 is 16.8. The maximum atomic E-state index is 12.8. The largest absolute Gasteiger partial charge is 0.462 e. The molecule has 0 fully saturated rings. The van der Waals surface area contributed by atoms with Gasteiger partial charge in [0, 0.05) is 19.3 Å². The summed E-state index contributed by atoms with van der Waals surface area (Å²) in [5, 5.41) is 0. The Hall–Kier alpha value is -3.93. The molecule has 0 aromatic heterocycles. The zero-order valence-corrected chi connectivity index (χ0v) is 47.6. The lowest BCUT2D eigenvalue weighted by Gasteiger charge is -2.18. The van der Waals surface area contributed by atoms with Crippen LogP contribution in [-0.4, -0.2) is 37.2 Å². The van der Waals surface area contributed by atoms with Crippen LogP contribution >= 0.6 is 0 Å². The van der Waals surface area contributed by atoms with E-state index in [0.717, 1.165) is 135 Å². The van der Waals surface area contributed by atoms with E-state index in [-0.39, 0.29) is 31.1 Å². The maximum Gasteiger partial charge on any atom is 0.306 e. The molecule has 6 heteroatoms. The molecule has 0 heterocycles. The Kier molecular flexibility index (Phi) is 57.4. The molecule has 0 bridgehead atoms. The first-order valence-electron chi connectivity index (χ1n) is 30.4. The first kappa shape index (κ1) is 69.1. The highest BCUT2D eigenvalue weighted by atomic mass is 16.6. The number of allylic oxidation sites excluding steroid dienone is 18. The van der Waals surface area contributed by atoms with Crippen molar-refractivity contribution in [2.45, 2.75) is 284 Å². The van der Waals surface area contributed by atoms with E-state index < -0.39 is 6.10 Å². The van der Waals surface area contributed by atoms with Gasteiger partial charge in [-0.2, -0.15) is 0 Å². The quantitative estimate of drug-likeness (QED) is 0.0261. The van der Waals surface area contributed by atoms with Crippen LogP contribution in [0.3, 0.4) is 0 Å². The molecule has 0 aromatic carbocycles. The minimum atomic E-state index is -0.787. The normalized spacial score (nSPS) is 12.9. The molecule has 1 unspecified atom stereocenters. The fraction of sp³-hybridized carbons (Fsp3) is 0.687. The van der Waals surface area contributed by atoms with E-state index in [0.29, 0.717) is 19.3 Å². The second-order valence-corrected chi connectivity index (χ2v) is 19.9. The van der Waals surface area contributed by atoms with Crippen LogP contribution in [0.2, 0.25) is 0 Å². The van der Waals surface area contributed by atoms with Crippen LogP contribution in [0, 0.1) is 0 Å². The average Bonchev–Trinajstić information content (AvgIpc) is 3.39. The Morgan fingerprint density at radius 3 is 0.836 bits per heavy atom. The summed E-state index contributed by atoms with van der Waals surface area (Å²) in [6.07, 6.45) is 82.5. The van der Waals surface area contributed by atoms with Crippen molar-refractivity contribution in [3.8, 4) is 0 Å². The van der Waals surface area contributed by atoms with Gasteiger partial charge in [0.2, 0.25) is 0 Å². The van der Waals surface area contributed by atoms with E-state index >= 15 is 0 Å². The van der Waals surface area contributed by atoms with Crippen LogP contribution < -0.4 is 0 Å². The van der Waals surface area contributed by atoms with Crippen LogP contribution in [0.1, 0.15) is 278 Å². The van der Waals surface area contributed by atoms with Crippen LogP contribution in [0.25, 0.3) is 0 Å². The number of rotatable bonds is 54. The molecule has 0 aliphatic rings. The Morgan fingerprint density at radius 2 is 0.534 bits per heavy atom. The van der Waals surface area contributed by atoms with Crippen molar-refractivity contribution in [2.24, 2.45) is 0 Å². The Labute approximate surface area is 450 Å². The van der Waals surface area contributed by atoms with Gasteiger partial charge < -0.3 is 14.2 Å². The number of unbranched alkanes of at least 4 members (excludes halogenated alkanes) is 25. The molecule has 1 atom stereocenters. The molecule has 0 N–H and O–H groups in total. The smallest absolute Gasteiger partial charge is 0.306 e. The van der Waals surface area contributed by atoms with E-state index in [1.807, 2.05) is 0 Å². The lowest BCUT2D eigenvalue weighted by Crippen LogP contribution is -2.30. The van der Waals surface area contributed by atoms with Gasteiger partial charge in [0.15, 0.2) is 6.10 Å². The molecule has 0 rings (SSSR count). The predicted molar refractivity (Wildman–Crippen MR) is 316 cm³/mol. The minimum absolute atomic E-state index is 0.0854. The molecule has 0 saturated carbocycles. The highest BCUT2D eigenvalue weighted by Crippen LogP contribution is 2.16. The number of esters is 3. The number of ether oxygens (including phenoxy) is 3. The third kappa shape index (κ3) is 58.8. The molecule has 0 aliphatic carbocycles. The first-order chi connectivity index (χ1) is 36.0. The molecule has 0 aliphatic heterocycles. The molecule has 0 radical (unpaired) electrons. The van der Waals surface area contributed by atoms with Crippen LogP contribution in [0.4, 0.5) is 0 Å². The van der Waals surface area contributed by atoms with Crippen molar-refractivity contribution in [1.29, 1.82) is 0 Å². The summed E-state index contributed by atoms with van der Waals surface area (Å²) in [6.45, 7) is 6.36. The highest BCUT2D eigenvalue weighted by Gasteiger charge is 2.19. The predicted octanol–water partition coefficient (Wildman–Crippen LogP) is 20.7. The third-order valence-corrected chi connectivity index (χ3v) is 12.8. The lowest BCUT2D eigenvalue weighted by atomic mass is 10.0. The van der Waals surface area contributed by atoms with Gasteiger partial charge in [-0.3, -0.25) is 14.4 Å². The van der Waals surface area contributed by atoms with E-state index in [4.69, 9.17) is 14.2 Å². The third-order valence-electron chi connectivity index (χ3n) is 12.8. The van der Waals surface area contributed by atoms with Gasteiger partial charge >= 0.3 is 17.9 Å². The monoisotopic (exact) mass is 1010 g/mol. The van der Waals surface area contributed by atoms with Gasteiger partial charge in [-0.05, 0) is 103 Å². The van der Waals surface area contributed by atoms with Crippen LogP contribution in [-0.2, 0) is 28.6 Å². The van der Waals surface area contributed by atoms with Crippen molar-refractivity contribution in [3.63, 3.8) is 0 Å². The Morgan fingerprint density at radius 1 is 0.288 bits per heavy atom. The number of hydrogen-bond donors (Lipinski definition) is 0. The van der Waals surface area contributed by atoms with Crippen molar-refractivity contribution < 1.29 is 28.6 Å². The van der Waals surface area contributed by atoms with E-state index in [2.05, 4.69) is 130 Å². The molecular formula is C67H112O6. The Bertz CT molecular complexity index is 1490. The molecule has 0 amide bonds. The summed E-state index contributed by atoms with van der Waals surface area (Å²) in [5.74, 6) is -0.908. The second kappa shape index (κ2) is 60.6. The summed E-state index contributed by atoms with van der Waals surface area (Å²) >= 11 is 0. The summed E-state index contributed by atoms with van der Waals surface area (Å²) in [6, 6.07) is 0. The van der Waals surface area contributed by atoms with Crippen molar-refractivity contribution in [3.05, 3.63) is 109 Å². The highest BCUT2D eigenvalue weighted by molar-refractivity contribution is 5.71. The standard InChI is InChI=1S/C67H112O6/c1-4-7-10-13-16-18-20-22-24-26-28-30-31-32-33-34-35-37-38-40-42-44-46-48-51-54-57-60-66(69)72-63-64(62-71-65(68)59-56-53-50-15-12-9-6-3)73-67(70)61-58-55-52-49-47-45-43-41-39-36-29-27-25-23-21-19-17-14-11-8-5-2/h7-8,10-11,16-19,22-25,28-30,36,41,43,64H,4-6,9,12-15,20-21,26-27,31-35,37-40,42,44-63H2,1-3H3/b10-7-,11-8-,18-16-,19-17-,24-22-,25-23-,30-28-,36-29-,43-41-. The summed E-state index contributed by atoms with van der Waals surface area (Å²) in [4.78, 5) is 38.0. The van der Waals surface area contributed by atoms with E-state index in [1.165, 1.54) is 103 Å². The lowest BCUT2D eigenvalue weighted by molar-refractivity contribution is -0.167. The van der Waals surface area contributed by atoms with Gasteiger partial charge in [-0.1, -0.05) is 265 Å². The SMILES string of the molecule is CC/C=C\C/C=C\C/C=C\C/C=C\C/C=C\CCCCCCCC(=O)OC(COC(=O)CCCCCCCCC)COC(=O)CCCCCCCCCCCCCCCC/C=C\C/C=C\C/C=C\C/C=C\CC. The van der Waals surface area contributed by atoms with Gasteiger partial charge in [-0.15, -0.1) is 0 Å². The van der Waals surface area contributed by atoms with Crippen LogP contribution in [0.15, 0.2) is 109 Å². The van der Waals surface area contributed by atoms with Crippen LogP contribution in [0.5, 0.6) is 0 Å². The fourth-order valence-electron chi connectivity index (χ4n) is 8.28. The topological polar surface area (TPSA) is 78.9 Å². The van der Waals surface area contributed by atoms with Crippen molar-refractivity contribution in [1.82, 2.24) is 0 Å².